The van der Waals surface area contributed by atoms with E-state index in [0.29, 0.717) is 97.6 Å². The predicted molar refractivity (Wildman–Crippen MR) is 372 cm³/mol. The summed E-state index contributed by atoms with van der Waals surface area (Å²) in [6.45, 7) is 17.3. The van der Waals surface area contributed by atoms with Crippen molar-refractivity contribution in [2.75, 3.05) is 39.6 Å². The van der Waals surface area contributed by atoms with Gasteiger partial charge in [-0.3, -0.25) is 14.8 Å². The van der Waals surface area contributed by atoms with Crippen molar-refractivity contribution >= 4 is 27.8 Å². The van der Waals surface area contributed by atoms with E-state index < -0.39 is 22.8 Å². The minimum Gasteiger partial charge on any atom is -0.347 e. The van der Waals surface area contributed by atoms with Crippen molar-refractivity contribution in [3.05, 3.63) is 196 Å². The summed E-state index contributed by atoms with van der Waals surface area (Å²) in [7, 11) is 0. The number of aromatic nitrogens is 6. The quantitative estimate of drug-likeness (QED) is 0.145. The third-order valence-electron chi connectivity index (χ3n) is 24.3. The molecule has 7 heterocycles. The van der Waals surface area contributed by atoms with Gasteiger partial charge in [-0.2, -0.15) is 0 Å². The maximum Gasteiger partial charge on any atom is 0.171 e. The molecule has 4 aromatic carbocycles. The van der Waals surface area contributed by atoms with Gasteiger partial charge in [0.15, 0.2) is 34.8 Å². The lowest BCUT2D eigenvalue weighted by atomic mass is 9.54. The summed E-state index contributed by atoms with van der Waals surface area (Å²) in [6.07, 6.45) is 19.0. The normalized spacial score (nSPS) is 28.8. The standard InChI is InChI=1S/C33H32FN3O2.C27H27BrFN3O2.C21H25FO3/c1-21-27-13-12-25-29(24-10-6-7-11-28(24)34)36-31(23-14-17-35-20-26(23)22-8-4-3-5-9-22)37-30(25)32(27,2)15-16-33(21)38-18-19-39-33;1-16-20-8-7-19-23(18-5-3-4-6-22(18)29)31-25(17-9-12-30-15-21(17)28)32-24(19)26(20,2)10-11-27(16)33-13-14-34-27;1-14-17-8-7-16(13-15-5-3-4-6-18(15)22)19(23)20(17,2)9-10-21(14)24-11-12-25-21/h3-11,14,17,20-21,27H,12-13,15-16,18-19H2,1-2H3;3-6,9,12,15-16,20H,7-8,10-11,13-14H2,1-2H3;3-6,13-14,17H,7-12H2,1-2H3/b;;16-13+/t21-,27-,32-;16-,20-,26-;14-,17-,20-/m111/s1. The number of pyridine rings is 2. The van der Waals surface area contributed by atoms with Gasteiger partial charge in [0.25, 0.3) is 0 Å². The highest BCUT2D eigenvalue weighted by Crippen LogP contribution is 2.61. The molecule has 3 spiro atoms. The number of benzene rings is 4. The van der Waals surface area contributed by atoms with Gasteiger partial charge in [-0.15, -0.1) is 0 Å². The van der Waals surface area contributed by atoms with Crippen molar-refractivity contribution in [2.45, 2.75) is 147 Å². The maximum absolute atomic E-state index is 15.3. The minimum absolute atomic E-state index is 0.173. The van der Waals surface area contributed by atoms with Gasteiger partial charge < -0.3 is 28.4 Å². The number of nitrogens with zero attached hydrogens (tertiary/aromatic N) is 6. The summed E-state index contributed by atoms with van der Waals surface area (Å²) in [5.41, 5.74) is 10.9. The molecule has 6 aliphatic carbocycles. The Labute approximate surface area is 580 Å². The molecule has 4 saturated carbocycles. The second-order valence-electron chi connectivity index (χ2n) is 29.1. The molecule has 8 aromatic rings. The molecule has 9 atom stereocenters. The van der Waals surface area contributed by atoms with Crippen LogP contribution in [0, 0.1) is 58.4 Å². The van der Waals surface area contributed by atoms with Crippen LogP contribution in [0.4, 0.5) is 13.2 Å². The molecule has 0 radical (unpaired) electrons. The number of Topliss-reactive ketones (excluding diaryl/α,β-unsaturated/α-hetero) is 1. The van der Waals surface area contributed by atoms with Gasteiger partial charge in [0, 0.05) is 127 Å². The largest absolute Gasteiger partial charge is 0.347 e. The number of rotatable bonds is 6. The van der Waals surface area contributed by atoms with Crippen molar-refractivity contribution in [1.29, 1.82) is 0 Å². The third kappa shape index (κ3) is 11.4. The number of carbonyl (C=O) groups is 1. The second kappa shape index (κ2) is 26.4. The molecule has 98 heavy (non-hydrogen) atoms. The molecule has 9 aliphatic rings. The maximum atomic E-state index is 15.3. The van der Waals surface area contributed by atoms with Crippen molar-refractivity contribution in [3.8, 4) is 56.4 Å². The summed E-state index contributed by atoms with van der Waals surface area (Å²) in [6, 6.07) is 34.5. The van der Waals surface area contributed by atoms with Crippen LogP contribution in [-0.4, -0.2) is 92.7 Å². The molecule has 3 saturated heterocycles. The fraction of sp³-hybridized carbons (Fsp3) is 0.444. The Bertz CT molecular complexity index is 4370. The molecule has 508 valence electrons. The van der Waals surface area contributed by atoms with Gasteiger partial charge in [-0.1, -0.05) is 114 Å². The number of hydrogen-bond donors (Lipinski definition) is 0. The van der Waals surface area contributed by atoms with E-state index in [0.717, 1.165) is 125 Å². The Kier molecular flexibility index (Phi) is 17.9. The van der Waals surface area contributed by atoms with Gasteiger partial charge in [-0.25, -0.2) is 33.1 Å². The zero-order valence-electron chi connectivity index (χ0n) is 56.6. The van der Waals surface area contributed by atoms with Gasteiger partial charge in [0.1, 0.15) is 17.5 Å². The van der Waals surface area contributed by atoms with E-state index in [1.807, 2.05) is 60.8 Å². The van der Waals surface area contributed by atoms with E-state index in [4.69, 9.17) is 48.4 Å². The monoisotopic (exact) mass is 1390 g/mol. The smallest absolute Gasteiger partial charge is 0.171 e. The van der Waals surface area contributed by atoms with Crippen LogP contribution in [0.3, 0.4) is 0 Å². The molecule has 0 amide bonds. The minimum atomic E-state index is -0.503. The Hall–Kier alpha value is -7.22. The van der Waals surface area contributed by atoms with Crippen LogP contribution in [0.25, 0.3) is 62.5 Å². The zero-order chi connectivity index (χ0) is 67.8. The van der Waals surface area contributed by atoms with Crippen LogP contribution in [0.2, 0.25) is 0 Å². The number of allylic oxidation sites excluding steroid dienone is 1. The number of ether oxygens (including phenoxy) is 6. The molecule has 13 nitrogen and oxygen atoms in total. The average molecular weight is 1390 g/mol. The van der Waals surface area contributed by atoms with Crippen LogP contribution in [0.5, 0.6) is 0 Å². The van der Waals surface area contributed by atoms with Crippen molar-refractivity contribution in [3.63, 3.8) is 0 Å². The lowest BCUT2D eigenvalue weighted by Gasteiger charge is -2.54. The molecule has 0 N–H and O–H groups in total. The summed E-state index contributed by atoms with van der Waals surface area (Å²) in [4.78, 5) is 42.5. The third-order valence-corrected chi connectivity index (χ3v) is 25.0. The van der Waals surface area contributed by atoms with Crippen LogP contribution < -0.4 is 0 Å². The van der Waals surface area contributed by atoms with Crippen LogP contribution in [-0.2, 0) is 56.9 Å². The number of hydrogen-bond acceptors (Lipinski definition) is 13. The number of fused-ring (bicyclic) bond motifs is 7. The van der Waals surface area contributed by atoms with E-state index in [1.54, 1.807) is 55.0 Å². The average Bonchev–Trinajstić information content (AvgIpc) is 1.05. The Morgan fingerprint density at radius 2 is 0.867 bits per heavy atom. The summed E-state index contributed by atoms with van der Waals surface area (Å²) >= 11 is 3.61. The van der Waals surface area contributed by atoms with Crippen LogP contribution in [0.15, 0.2) is 150 Å². The molecule has 7 fully saturated rings. The predicted octanol–water partition coefficient (Wildman–Crippen LogP) is 17.5. The highest BCUT2D eigenvalue weighted by molar-refractivity contribution is 9.10. The van der Waals surface area contributed by atoms with E-state index >= 15 is 8.78 Å². The molecule has 4 aromatic heterocycles. The molecular formula is C81H84BrF3N6O7. The van der Waals surface area contributed by atoms with E-state index in [1.165, 1.54) is 18.2 Å². The summed E-state index contributed by atoms with van der Waals surface area (Å²) in [5.74, 6) is 0.650. The lowest BCUT2D eigenvalue weighted by molar-refractivity contribution is -0.241. The summed E-state index contributed by atoms with van der Waals surface area (Å²) < 4.78 is 81.9. The molecule has 17 heteroatoms. The van der Waals surface area contributed by atoms with Crippen molar-refractivity contribution in [2.24, 2.45) is 40.9 Å². The Balaban J connectivity index is 0.000000123. The first kappa shape index (κ1) is 66.6. The number of halogens is 4. The fourth-order valence-corrected chi connectivity index (χ4v) is 19.4. The molecule has 3 aliphatic heterocycles. The first-order valence-electron chi connectivity index (χ1n) is 35.2. The van der Waals surface area contributed by atoms with E-state index in [9.17, 15) is 9.18 Å². The SMILES string of the molecule is C[C@@H]1[C@H]2CC/C(=C\c3ccccc3F)C(=O)[C@]2(C)CCC12OCCO2.C[C@@H]1[C@H]2CCc3c(-c4ccccc4F)nc(-c4ccncc4-c4ccccc4)nc3[C@]2(C)CCC12OCCO2.C[C@@H]1[C@H]2CCc3c(-c4ccccc4F)nc(-c4ccncc4Br)nc3[C@]2(C)CCC12OCCO2. The molecule has 0 unspecified atom stereocenters. The van der Waals surface area contributed by atoms with Crippen LogP contribution in [0.1, 0.15) is 134 Å². The number of carbonyl (C=O) groups excluding carboxylic acids is 1. The van der Waals surface area contributed by atoms with E-state index in [2.05, 4.69) is 79.6 Å². The Morgan fingerprint density at radius 3 is 1.36 bits per heavy atom. The second-order valence-corrected chi connectivity index (χ2v) is 30.0. The Morgan fingerprint density at radius 1 is 0.449 bits per heavy atom. The highest BCUT2D eigenvalue weighted by Gasteiger charge is 2.61. The molecular weight excluding hydrogens is 1310 g/mol. The van der Waals surface area contributed by atoms with Crippen molar-refractivity contribution < 1.29 is 46.4 Å². The van der Waals surface area contributed by atoms with Gasteiger partial charge in [0.2, 0.25) is 0 Å². The first-order valence-corrected chi connectivity index (χ1v) is 35.9. The number of ketones is 1. The summed E-state index contributed by atoms with van der Waals surface area (Å²) in [5, 5.41) is 0. The van der Waals surface area contributed by atoms with Crippen molar-refractivity contribution in [1.82, 2.24) is 29.9 Å². The van der Waals surface area contributed by atoms with E-state index in [-0.39, 0.29) is 57.7 Å². The fourth-order valence-electron chi connectivity index (χ4n) is 19.0. The van der Waals surface area contributed by atoms with Gasteiger partial charge in [0.05, 0.1) is 62.4 Å². The highest BCUT2D eigenvalue weighted by atomic mass is 79.9. The molecule has 17 rings (SSSR count). The van der Waals surface area contributed by atoms with Gasteiger partial charge >= 0.3 is 0 Å². The first-order chi connectivity index (χ1) is 47.4. The zero-order valence-corrected chi connectivity index (χ0v) is 58.2. The topological polar surface area (TPSA) is 150 Å². The lowest BCUT2D eigenvalue weighted by Crippen LogP contribution is -2.56. The van der Waals surface area contributed by atoms with Gasteiger partial charge in [-0.05, 0) is 151 Å². The molecule has 0 bridgehead atoms. The van der Waals surface area contributed by atoms with Crippen LogP contribution >= 0.6 is 15.9 Å².